The van der Waals surface area contributed by atoms with Gasteiger partial charge in [0.1, 0.15) is 5.52 Å². The zero-order chi connectivity index (χ0) is 11.3. The van der Waals surface area contributed by atoms with Crippen LogP contribution in [-0.2, 0) is 5.41 Å². The standard InChI is InChI=1S/C13H17N3/c1-13(2,3)9-6-11-12(14-7-9)16(8-15-11)10-4-5-10/h6-8,10H,4-5H2,1-3H3. The minimum Gasteiger partial charge on any atom is -0.312 e. The average Bonchev–Trinajstić information content (AvgIpc) is 2.96. The van der Waals surface area contributed by atoms with Crippen molar-refractivity contribution in [1.29, 1.82) is 0 Å². The predicted octanol–water partition coefficient (Wildman–Crippen LogP) is 3.06. The summed E-state index contributed by atoms with van der Waals surface area (Å²) in [7, 11) is 0. The quantitative estimate of drug-likeness (QED) is 0.732. The maximum atomic E-state index is 4.57. The number of nitrogens with zero attached hydrogens (tertiary/aromatic N) is 3. The number of pyridine rings is 1. The van der Waals surface area contributed by atoms with E-state index in [4.69, 9.17) is 0 Å². The van der Waals surface area contributed by atoms with Crippen LogP contribution in [0.1, 0.15) is 45.2 Å². The molecule has 1 aliphatic carbocycles. The van der Waals surface area contributed by atoms with Crippen molar-refractivity contribution in [3.63, 3.8) is 0 Å². The fourth-order valence-electron chi connectivity index (χ4n) is 1.95. The van der Waals surface area contributed by atoms with E-state index in [9.17, 15) is 0 Å². The summed E-state index contributed by atoms with van der Waals surface area (Å²) in [5, 5.41) is 0. The van der Waals surface area contributed by atoms with Crippen LogP contribution < -0.4 is 0 Å². The third-order valence-corrected chi connectivity index (χ3v) is 3.22. The lowest BCUT2D eigenvalue weighted by molar-refractivity contribution is 0.588. The van der Waals surface area contributed by atoms with Gasteiger partial charge in [0.25, 0.3) is 0 Å². The molecule has 3 nitrogen and oxygen atoms in total. The van der Waals surface area contributed by atoms with Crippen molar-refractivity contribution in [3.8, 4) is 0 Å². The van der Waals surface area contributed by atoms with Gasteiger partial charge >= 0.3 is 0 Å². The molecule has 2 aromatic rings. The highest BCUT2D eigenvalue weighted by Crippen LogP contribution is 2.37. The Morgan fingerprint density at radius 3 is 2.62 bits per heavy atom. The summed E-state index contributed by atoms with van der Waals surface area (Å²) in [5.74, 6) is 0. The molecule has 2 heterocycles. The Morgan fingerprint density at radius 2 is 2.00 bits per heavy atom. The molecule has 1 fully saturated rings. The molecule has 0 aliphatic heterocycles. The van der Waals surface area contributed by atoms with Crippen molar-refractivity contribution < 1.29 is 0 Å². The fourth-order valence-corrected chi connectivity index (χ4v) is 1.95. The molecule has 1 aliphatic rings. The van der Waals surface area contributed by atoms with Gasteiger partial charge < -0.3 is 4.57 Å². The summed E-state index contributed by atoms with van der Waals surface area (Å²) in [6.45, 7) is 6.61. The fraction of sp³-hybridized carbons (Fsp3) is 0.538. The second kappa shape index (κ2) is 3.06. The van der Waals surface area contributed by atoms with E-state index in [0.29, 0.717) is 6.04 Å². The van der Waals surface area contributed by atoms with Crippen LogP contribution >= 0.6 is 0 Å². The highest BCUT2D eigenvalue weighted by Gasteiger charge is 2.26. The number of hydrogen-bond acceptors (Lipinski definition) is 2. The molecule has 0 N–H and O–H groups in total. The molecule has 1 saturated carbocycles. The molecule has 0 radical (unpaired) electrons. The van der Waals surface area contributed by atoms with Crippen LogP contribution in [0.5, 0.6) is 0 Å². The largest absolute Gasteiger partial charge is 0.312 e. The van der Waals surface area contributed by atoms with Gasteiger partial charge in [-0.05, 0) is 29.9 Å². The van der Waals surface area contributed by atoms with Gasteiger partial charge in [-0.1, -0.05) is 20.8 Å². The monoisotopic (exact) mass is 215 g/mol. The van der Waals surface area contributed by atoms with Crippen molar-refractivity contribution >= 4 is 11.2 Å². The zero-order valence-electron chi connectivity index (χ0n) is 10.1. The Bertz CT molecular complexity index is 530. The molecule has 0 spiro atoms. The number of fused-ring (bicyclic) bond motifs is 1. The third kappa shape index (κ3) is 1.51. The summed E-state index contributed by atoms with van der Waals surface area (Å²) < 4.78 is 2.21. The van der Waals surface area contributed by atoms with Crippen LogP contribution in [0.2, 0.25) is 0 Å². The maximum Gasteiger partial charge on any atom is 0.160 e. The number of aromatic nitrogens is 3. The number of rotatable bonds is 1. The summed E-state index contributed by atoms with van der Waals surface area (Å²) in [5.41, 5.74) is 3.46. The summed E-state index contributed by atoms with van der Waals surface area (Å²) in [6.07, 6.45) is 6.47. The van der Waals surface area contributed by atoms with Gasteiger partial charge in [0.15, 0.2) is 5.65 Å². The highest BCUT2D eigenvalue weighted by molar-refractivity contribution is 5.71. The highest BCUT2D eigenvalue weighted by atomic mass is 15.1. The van der Waals surface area contributed by atoms with Crippen LogP contribution in [0, 0.1) is 0 Å². The average molecular weight is 215 g/mol. The van der Waals surface area contributed by atoms with E-state index in [-0.39, 0.29) is 5.41 Å². The van der Waals surface area contributed by atoms with Crippen molar-refractivity contribution in [2.75, 3.05) is 0 Å². The van der Waals surface area contributed by atoms with E-state index in [0.717, 1.165) is 11.2 Å². The lowest BCUT2D eigenvalue weighted by Gasteiger charge is -2.18. The van der Waals surface area contributed by atoms with Crippen LogP contribution in [0.25, 0.3) is 11.2 Å². The van der Waals surface area contributed by atoms with Crippen LogP contribution in [-0.4, -0.2) is 14.5 Å². The lowest BCUT2D eigenvalue weighted by Crippen LogP contribution is -2.11. The van der Waals surface area contributed by atoms with Crippen molar-refractivity contribution in [2.45, 2.75) is 45.1 Å². The Hall–Kier alpha value is -1.38. The van der Waals surface area contributed by atoms with Gasteiger partial charge in [-0.15, -0.1) is 0 Å². The normalized spacial score (nSPS) is 16.9. The van der Waals surface area contributed by atoms with Crippen molar-refractivity contribution in [2.24, 2.45) is 0 Å². The molecular formula is C13H17N3. The Kier molecular flexibility index (Phi) is 1.88. The van der Waals surface area contributed by atoms with Gasteiger partial charge in [0.05, 0.1) is 6.33 Å². The van der Waals surface area contributed by atoms with E-state index >= 15 is 0 Å². The predicted molar refractivity (Wildman–Crippen MR) is 64.5 cm³/mol. The molecule has 16 heavy (non-hydrogen) atoms. The molecule has 0 atom stereocenters. The van der Waals surface area contributed by atoms with E-state index in [2.05, 4.69) is 41.4 Å². The molecule has 2 aromatic heterocycles. The molecule has 0 aromatic carbocycles. The lowest BCUT2D eigenvalue weighted by atomic mass is 9.88. The van der Waals surface area contributed by atoms with Crippen LogP contribution in [0.15, 0.2) is 18.6 Å². The zero-order valence-corrected chi connectivity index (χ0v) is 10.1. The third-order valence-electron chi connectivity index (χ3n) is 3.22. The summed E-state index contributed by atoms with van der Waals surface area (Å²) >= 11 is 0. The molecule has 3 rings (SSSR count). The number of hydrogen-bond donors (Lipinski definition) is 0. The van der Waals surface area contributed by atoms with Crippen LogP contribution in [0.3, 0.4) is 0 Å². The first kappa shape index (κ1) is 9.82. The molecule has 0 bridgehead atoms. The summed E-state index contributed by atoms with van der Waals surface area (Å²) in [6, 6.07) is 2.82. The molecule has 84 valence electrons. The molecule has 3 heteroatoms. The summed E-state index contributed by atoms with van der Waals surface area (Å²) in [4.78, 5) is 9.02. The first-order valence-corrected chi connectivity index (χ1v) is 5.89. The maximum absolute atomic E-state index is 4.57. The van der Waals surface area contributed by atoms with Crippen molar-refractivity contribution in [3.05, 3.63) is 24.2 Å². The van der Waals surface area contributed by atoms with Crippen LogP contribution in [0.4, 0.5) is 0 Å². The smallest absolute Gasteiger partial charge is 0.160 e. The molecule has 0 amide bonds. The van der Waals surface area contributed by atoms with E-state index in [1.807, 2.05) is 12.5 Å². The Labute approximate surface area is 95.5 Å². The molecular weight excluding hydrogens is 198 g/mol. The first-order chi connectivity index (χ1) is 7.55. The Balaban J connectivity index is 2.13. The minimum atomic E-state index is 0.143. The minimum absolute atomic E-state index is 0.143. The molecule has 0 unspecified atom stereocenters. The second-order valence-corrected chi connectivity index (χ2v) is 5.70. The van der Waals surface area contributed by atoms with E-state index in [1.165, 1.54) is 18.4 Å². The van der Waals surface area contributed by atoms with Gasteiger partial charge in [-0.2, -0.15) is 0 Å². The topological polar surface area (TPSA) is 30.7 Å². The first-order valence-electron chi connectivity index (χ1n) is 5.89. The second-order valence-electron chi connectivity index (χ2n) is 5.70. The van der Waals surface area contributed by atoms with E-state index < -0.39 is 0 Å². The number of imidazole rings is 1. The van der Waals surface area contributed by atoms with E-state index in [1.54, 1.807) is 0 Å². The molecule has 0 saturated heterocycles. The van der Waals surface area contributed by atoms with Gasteiger partial charge in [-0.3, -0.25) is 0 Å². The van der Waals surface area contributed by atoms with Gasteiger partial charge in [-0.25, -0.2) is 9.97 Å². The SMILES string of the molecule is CC(C)(C)c1cnc2c(c1)ncn2C1CC1. The van der Waals surface area contributed by atoms with Gasteiger partial charge in [0, 0.05) is 12.2 Å². The Morgan fingerprint density at radius 1 is 1.25 bits per heavy atom. The van der Waals surface area contributed by atoms with Crippen molar-refractivity contribution in [1.82, 2.24) is 14.5 Å². The van der Waals surface area contributed by atoms with Gasteiger partial charge in [0.2, 0.25) is 0 Å².